The molecule has 2 rings (SSSR count). The summed E-state index contributed by atoms with van der Waals surface area (Å²) in [6.45, 7) is 0.193. The van der Waals surface area contributed by atoms with Crippen LogP contribution in [0.3, 0.4) is 0 Å². The largest absolute Gasteiger partial charge is 0.374 e. The highest BCUT2D eigenvalue weighted by atomic mass is 32.1. The molecule has 0 saturated heterocycles. The molecule has 0 atom stereocenters. The molecule has 0 unspecified atom stereocenters. The highest BCUT2D eigenvalue weighted by molar-refractivity contribution is 7.17. The zero-order chi connectivity index (χ0) is 12.1. The van der Waals surface area contributed by atoms with E-state index in [-0.39, 0.29) is 6.61 Å². The standard InChI is InChI=1S/C11H12F2N2OS/c12-10(13)7-16-5-4-15-11-8-2-6-17-9(8)1-3-14-11/h1-3,6,10H,4-5,7H2,(H,14,15). The summed E-state index contributed by atoms with van der Waals surface area (Å²) < 4.78 is 29.5. The van der Waals surface area contributed by atoms with Gasteiger partial charge in [0, 0.05) is 22.8 Å². The van der Waals surface area contributed by atoms with Crippen LogP contribution in [0.15, 0.2) is 23.7 Å². The van der Waals surface area contributed by atoms with E-state index >= 15 is 0 Å². The van der Waals surface area contributed by atoms with Crippen molar-refractivity contribution in [2.24, 2.45) is 0 Å². The zero-order valence-corrected chi connectivity index (χ0v) is 9.84. The number of thiophene rings is 1. The lowest BCUT2D eigenvalue weighted by Crippen LogP contribution is -2.13. The Morgan fingerprint density at radius 1 is 1.41 bits per heavy atom. The Bertz CT molecular complexity index is 475. The summed E-state index contributed by atoms with van der Waals surface area (Å²) in [4.78, 5) is 4.20. The van der Waals surface area contributed by atoms with E-state index in [4.69, 9.17) is 4.74 Å². The van der Waals surface area contributed by atoms with Gasteiger partial charge in [-0.3, -0.25) is 0 Å². The first-order valence-electron chi connectivity index (χ1n) is 5.19. The van der Waals surface area contributed by atoms with Crippen LogP contribution < -0.4 is 5.32 Å². The molecule has 0 bridgehead atoms. The molecule has 0 aliphatic carbocycles. The quantitative estimate of drug-likeness (QED) is 0.809. The van der Waals surface area contributed by atoms with E-state index in [1.807, 2.05) is 17.5 Å². The molecule has 0 aliphatic heterocycles. The lowest BCUT2D eigenvalue weighted by atomic mass is 10.3. The van der Waals surface area contributed by atoms with Crippen LogP contribution in [0.4, 0.5) is 14.6 Å². The SMILES string of the molecule is FC(F)COCCNc1nccc2sccc12. The molecule has 0 aliphatic rings. The van der Waals surface area contributed by atoms with Crippen LogP contribution in [0.2, 0.25) is 0 Å². The Kier molecular flexibility index (Phi) is 4.22. The molecule has 0 fully saturated rings. The molecular formula is C11H12F2N2OS. The second-order valence-electron chi connectivity index (χ2n) is 3.38. The van der Waals surface area contributed by atoms with Crippen LogP contribution in [0, 0.1) is 0 Å². The van der Waals surface area contributed by atoms with Crippen molar-refractivity contribution in [1.82, 2.24) is 4.98 Å². The first-order chi connectivity index (χ1) is 8.27. The van der Waals surface area contributed by atoms with Crippen molar-refractivity contribution < 1.29 is 13.5 Å². The monoisotopic (exact) mass is 258 g/mol. The van der Waals surface area contributed by atoms with E-state index in [1.165, 1.54) is 0 Å². The summed E-state index contributed by atoms with van der Waals surface area (Å²) in [7, 11) is 0. The van der Waals surface area contributed by atoms with Gasteiger partial charge in [-0.1, -0.05) is 0 Å². The van der Waals surface area contributed by atoms with Crippen LogP contribution in [0.1, 0.15) is 0 Å². The smallest absolute Gasteiger partial charge is 0.261 e. The van der Waals surface area contributed by atoms with Gasteiger partial charge < -0.3 is 10.1 Å². The summed E-state index contributed by atoms with van der Waals surface area (Å²) in [6.07, 6.45) is -0.685. The Labute approximate surface area is 101 Å². The highest BCUT2D eigenvalue weighted by Crippen LogP contribution is 2.25. The normalized spacial score (nSPS) is 11.2. The number of hydrogen-bond acceptors (Lipinski definition) is 4. The van der Waals surface area contributed by atoms with Gasteiger partial charge in [0.25, 0.3) is 6.43 Å². The minimum atomic E-state index is -2.41. The molecule has 6 heteroatoms. The van der Waals surface area contributed by atoms with Gasteiger partial charge in [-0.2, -0.15) is 0 Å². The van der Waals surface area contributed by atoms with E-state index in [0.29, 0.717) is 6.54 Å². The lowest BCUT2D eigenvalue weighted by Gasteiger charge is -2.07. The molecule has 0 aromatic carbocycles. The van der Waals surface area contributed by atoms with Gasteiger partial charge in [0.15, 0.2) is 0 Å². The van der Waals surface area contributed by atoms with Crippen LogP contribution >= 0.6 is 11.3 Å². The van der Waals surface area contributed by atoms with Crippen LogP contribution in [-0.4, -0.2) is 31.2 Å². The van der Waals surface area contributed by atoms with Crippen molar-refractivity contribution in [2.75, 3.05) is 25.1 Å². The van der Waals surface area contributed by atoms with Crippen LogP contribution in [0.5, 0.6) is 0 Å². The number of ether oxygens (including phenoxy) is 1. The first kappa shape index (κ1) is 12.2. The maximum Gasteiger partial charge on any atom is 0.261 e. The average molecular weight is 258 g/mol. The molecule has 0 amide bonds. The average Bonchev–Trinajstić information content (AvgIpc) is 2.77. The maximum atomic E-state index is 11.8. The third kappa shape index (κ3) is 3.34. The van der Waals surface area contributed by atoms with Crippen LogP contribution in [0.25, 0.3) is 10.1 Å². The third-order valence-corrected chi connectivity index (χ3v) is 3.04. The van der Waals surface area contributed by atoms with E-state index in [1.54, 1.807) is 17.5 Å². The number of pyridine rings is 1. The minimum Gasteiger partial charge on any atom is -0.374 e. The summed E-state index contributed by atoms with van der Waals surface area (Å²) in [6, 6.07) is 3.92. The molecule has 92 valence electrons. The number of alkyl halides is 2. The molecule has 0 saturated carbocycles. The Hall–Kier alpha value is -1.27. The molecule has 2 aromatic heterocycles. The van der Waals surface area contributed by atoms with Crippen molar-refractivity contribution in [3.63, 3.8) is 0 Å². The Morgan fingerprint density at radius 3 is 3.12 bits per heavy atom. The number of nitrogens with one attached hydrogen (secondary N) is 1. The van der Waals surface area contributed by atoms with Crippen LogP contribution in [-0.2, 0) is 4.74 Å². The molecule has 2 aromatic rings. The third-order valence-electron chi connectivity index (χ3n) is 2.16. The predicted molar refractivity (Wildman–Crippen MR) is 64.9 cm³/mol. The second-order valence-corrected chi connectivity index (χ2v) is 4.33. The summed E-state index contributed by atoms with van der Waals surface area (Å²) >= 11 is 1.64. The highest BCUT2D eigenvalue weighted by Gasteiger charge is 2.03. The van der Waals surface area contributed by atoms with Gasteiger partial charge >= 0.3 is 0 Å². The Morgan fingerprint density at radius 2 is 2.29 bits per heavy atom. The molecule has 2 heterocycles. The lowest BCUT2D eigenvalue weighted by molar-refractivity contribution is 0.0215. The zero-order valence-electron chi connectivity index (χ0n) is 9.03. The summed E-state index contributed by atoms with van der Waals surface area (Å²) in [5.74, 6) is 0.768. The molecular weight excluding hydrogens is 246 g/mol. The number of nitrogens with zero attached hydrogens (tertiary/aromatic N) is 1. The van der Waals surface area contributed by atoms with Crippen molar-refractivity contribution in [1.29, 1.82) is 0 Å². The molecule has 3 nitrogen and oxygen atoms in total. The number of rotatable bonds is 6. The molecule has 0 spiro atoms. The summed E-state index contributed by atoms with van der Waals surface area (Å²) in [5.41, 5.74) is 0. The van der Waals surface area contributed by atoms with Gasteiger partial charge in [-0.25, -0.2) is 13.8 Å². The van der Waals surface area contributed by atoms with E-state index in [0.717, 1.165) is 15.9 Å². The van der Waals surface area contributed by atoms with E-state index in [9.17, 15) is 8.78 Å². The van der Waals surface area contributed by atoms with E-state index < -0.39 is 13.0 Å². The van der Waals surface area contributed by atoms with Crippen molar-refractivity contribution in [2.45, 2.75) is 6.43 Å². The number of hydrogen-bond donors (Lipinski definition) is 1. The first-order valence-corrected chi connectivity index (χ1v) is 6.07. The fraction of sp³-hybridized carbons (Fsp3) is 0.364. The Balaban J connectivity index is 1.84. The molecule has 1 N–H and O–H groups in total. The number of halogens is 2. The van der Waals surface area contributed by atoms with Gasteiger partial charge in [0.05, 0.1) is 6.61 Å². The number of aromatic nitrogens is 1. The van der Waals surface area contributed by atoms with Gasteiger partial charge in [-0.05, 0) is 17.5 Å². The van der Waals surface area contributed by atoms with E-state index in [2.05, 4.69) is 10.3 Å². The fourth-order valence-electron chi connectivity index (χ4n) is 1.45. The fourth-order valence-corrected chi connectivity index (χ4v) is 2.23. The minimum absolute atomic E-state index is 0.243. The molecule has 0 radical (unpaired) electrons. The van der Waals surface area contributed by atoms with Crippen molar-refractivity contribution in [3.8, 4) is 0 Å². The number of fused-ring (bicyclic) bond motifs is 1. The molecule has 17 heavy (non-hydrogen) atoms. The second kappa shape index (κ2) is 5.88. The van der Waals surface area contributed by atoms with Gasteiger partial charge in [-0.15, -0.1) is 11.3 Å². The maximum absolute atomic E-state index is 11.8. The summed E-state index contributed by atoms with van der Waals surface area (Å²) in [5, 5.41) is 6.11. The number of anilines is 1. The topological polar surface area (TPSA) is 34.1 Å². The van der Waals surface area contributed by atoms with Gasteiger partial charge in [0.1, 0.15) is 12.4 Å². The van der Waals surface area contributed by atoms with Crippen molar-refractivity contribution in [3.05, 3.63) is 23.7 Å². The van der Waals surface area contributed by atoms with Gasteiger partial charge in [0.2, 0.25) is 0 Å². The van der Waals surface area contributed by atoms with Crippen molar-refractivity contribution >= 4 is 27.2 Å². The predicted octanol–water partition coefficient (Wildman–Crippen LogP) is 2.99.